The summed E-state index contributed by atoms with van der Waals surface area (Å²) in [4.78, 5) is 0. The van der Waals surface area contributed by atoms with Crippen LogP contribution in [0.15, 0.2) is 0 Å². The molecule has 2 nitrogen and oxygen atoms in total. The maximum Gasteiger partial charge on any atom is 0.0726 e. The molecule has 0 aromatic carbocycles. The lowest BCUT2D eigenvalue weighted by Gasteiger charge is -2.21. The van der Waals surface area contributed by atoms with Crippen LogP contribution < -0.4 is 5.73 Å². The van der Waals surface area contributed by atoms with Crippen molar-refractivity contribution < 1.29 is 4.74 Å². The first-order valence-corrected chi connectivity index (χ1v) is 6.95. The molecule has 1 saturated carbocycles. The number of hydrogen-bond donors (Lipinski definition) is 1. The Balaban J connectivity index is 2.13. The van der Waals surface area contributed by atoms with E-state index in [1.54, 1.807) is 0 Å². The molecule has 2 N–H and O–H groups in total. The lowest BCUT2D eigenvalue weighted by atomic mass is 10.1. The number of ether oxygens (including phenoxy) is 1. The Morgan fingerprint density at radius 3 is 2.86 bits per heavy atom. The summed E-state index contributed by atoms with van der Waals surface area (Å²) in [6, 6.07) is 0.282. The van der Waals surface area contributed by atoms with Crippen molar-refractivity contribution >= 4 is 11.8 Å². The maximum atomic E-state index is 6.06. The standard InChI is InChI=1S/C11H23NOS/c1-2-14-9-8-13-11-7-5-3-4-6-10(11)12/h10-11H,2-9,12H2,1H3. The fourth-order valence-electron chi connectivity index (χ4n) is 1.91. The van der Waals surface area contributed by atoms with E-state index in [0.29, 0.717) is 6.10 Å². The third-order valence-corrected chi connectivity index (χ3v) is 3.63. The average Bonchev–Trinajstić information content (AvgIpc) is 2.39. The summed E-state index contributed by atoms with van der Waals surface area (Å²) >= 11 is 1.94. The topological polar surface area (TPSA) is 35.2 Å². The van der Waals surface area contributed by atoms with Crippen LogP contribution in [0.1, 0.15) is 39.0 Å². The molecule has 14 heavy (non-hydrogen) atoms. The normalized spacial score (nSPS) is 28.7. The summed E-state index contributed by atoms with van der Waals surface area (Å²) in [5, 5.41) is 0. The quantitative estimate of drug-likeness (QED) is 0.567. The van der Waals surface area contributed by atoms with E-state index in [0.717, 1.165) is 25.2 Å². The molecule has 1 aliphatic carbocycles. The maximum absolute atomic E-state index is 6.06. The Morgan fingerprint density at radius 2 is 2.07 bits per heavy atom. The summed E-state index contributed by atoms with van der Waals surface area (Å²) in [7, 11) is 0. The minimum atomic E-state index is 0.282. The van der Waals surface area contributed by atoms with Crippen LogP contribution >= 0.6 is 11.8 Å². The highest BCUT2D eigenvalue weighted by Gasteiger charge is 2.20. The lowest BCUT2D eigenvalue weighted by molar-refractivity contribution is 0.0416. The smallest absolute Gasteiger partial charge is 0.0726 e. The van der Waals surface area contributed by atoms with E-state index in [-0.39, 0.29) is 6.04 Å². The van der Waals surface area contributed by atoms with Gasteiger partial charge in [0.2, 0.25) is 0 Å². The second kappa shape index (κ2) is 7.55. The van der Waals surface area contributed by atoms with Crippen molar-refractivity contribution in [2.45, 2.75) is 51.2 Å². The molecule has 0 saturated heterocycles. The van der Waals surface area contributed by atoms with Gasteiger partial charge in [-0.15, -0.1) is 0 Å². The van der Waals surface area contributed by atoms with Crippen molar-refractivity contribution in [3.63, 3.8) is 0 Å². The molecule has 0 radical (unpaired) electrons. The van der Waals surface area contributed by atoms with Crippen LogP contribution in [0.5, 0.6) is 0 Å². The van der Waals surface area contributed by atoms with E-state index in [4.69, 9.17) is 10.5 Å². The molecule has 2 unspecified atom stereocenters. The van der Waals surface area contributed by atoms with Crippen molar-refractivity contribution in [2.75, 3.05) is 18.1 Å². The Labute approximate surface area is 92.0 Å². The Bertz CT molecular complexity index is 143. The van der Waals surface area contributed by atoms with Crippen LogP contribution in [0.4, 0.5) is 0 Å². The van der Waals surface area contributed by atoms with Crippen molar-refractivity contribution in [3.8, 4) is 0 Å². The summed E-state index contributed by atoms with van der Waals surface area (Å²) in [5.74, 6) is 2.29. The third-order valence-electron chi connectivity index (χ3n) is 2.77. The highest BCUT2D eigenvalue weighted by molar-refractivity contribution is 7.99. The van der Waals surface area contributed by atoms with Gasteiger partial charge in [0.15, 0.2) is 0 Å². The second-order valence-corrected chi connectivity index (χ2v) is 5.30. The van der Waals surface area contributed by atoms with Gasteiger partial charge < -0.3 is 10.5 Å². The van der Waals surface area contributed by atoms with Gasteiger partial charge in [0.1, 0.15) is 0 Å². The van der Waals surface area contributed by atoms with Crippen molar-refractivity contribution in [1.82, 2.24) is 0 Å². The molecule has 1 aliphatic rings. The SMILES string of the molecule is CCSCCOC1CCCCCC1N. The Kier molecular flexibility index (Phi) is 6.65. The van der Waals surface area contributed by atoms with Crippen molar-refractivity contribution in [1.29, 1.82) is 0 Å². The van der Waals surface area contributed by atoms with Gasteiger partial charge in [-0.2, -0.15) is 11.8 Å². The van der Waals surface area contributed by atoms with Crippen molar-refractivity contribution in [2.24, 2.45) is 5.73 Å². The molecular weight excluding hydrogens is 194 g/mol. The number of hydrogen-bond acceptors (Lipinski definition) is 3. The van der Waals surface area contributed by atoms with E-state index >= 15 is 0 Å². The fourth-order valence-corrected chi connectivity index (χ4v) is 2.41. The first-order chi connectivity index (χ1) is 6.84. The van der Waals surface area contributed by atoms with Crippen LogP contribution in [-0.4, -0.2) is 30.3 Å². The summed E-state index contributed by atoms with van der Waals surface area (Å²) in [6.07, 6.45) is 6.54. The van der Waals surface area contributed by atoms with Crippen LogP contribution in [0.25, 0.3) is 0 Å². The average molecular weight is 217 g/mol. The molecule has 0 spiro atoms. The van der Waals surface area contributed by atoms with E-state index in [9.17, 15) is 0 Å². The molecule has 1 rings (SSSR count). The largest absolute Gasteiger partial charge is 0.376 e. The number of nitrogens with two attached hydrogens (primary N) is 1. The number of rotatable bonds is 5. The zero-order chi connectivity index (χ0) is 10.2. The van der Waals surface area contributed by atoms with E-state index < -0.39 is 0 Å². The number of thioether (sulfide) groups is 1. The lowest BCUT2D eigenvalue weighted by Crippen LogP contribution is -2.36. The van der Waals surface area contributed by atoms with Gasteiger partial charge in [0.05, 0.1) is 12.7 Å². The van der Waals surface area contributed by atoms with Crippen molar-refractivity contribution in [3.05, 3.63) is 0 Å². The van der Waals surface area contributed by atoms with Gasteiger partial charge in [0, 0.05) is 11.8 Å². The Morgan fingerprint density at radius 1 is 1.29 bits per heavy atom. The molecule has 0 amide bonds. The van der Waals surface area contributed by atoms with Gasteiger partial charge in [0.25, 0.3) is 0 Å². The molecule has 2 atom stereocenters. The van der Waals surface area contributed by atoms with E-state index in [1.807, 2.05) is 11.8 Å². The molecule has 0 aliphatic heterocycles. The highest BCUT2D eigenvalue weighted by Crippen LogP contribution is 2.19. The predicted molar refractivity (Wildman–Crippen MR) is 63.8 cm³/mol. The third kappa shape index (κ3) is 4.67. The first-order valence-electron chi connectivity index (χ1n) is 5.79. The molecule has 1 fully saturated rings. The molecular formula is C11H23NOS. The van der Waals surface area contributed by atoms with E-state index in [2.05, 4.69) is 6.92 Å². The van der Waals surface area contributed by atoms with Crippen LogP contribution in [0.3, 0.4) is 0 Å². The van der Waals surface area contributed by atoms with Crippen LogP contribution in [0, 0.1) is 0 Å². The van der Waals surface area contributed by atoms with Gasteiger partial charge in [-0.25, -0.2) is 0 Å². The molecule has 3 heteroatoms. The zero-order valence-corrected chi connectivity index (χ0v) is 10.0. The second-order valence-electron chi connectivity index (χ2n) is 3.91. The van der Waals surface area contributed by atoms with Gasteiger partial charge in [-0.3, -0.25) is 0 Å². The molecule has 0 aromatic rings. The highest BCUT2D eigenvalue weighted by atomic mass is 32.2. The van der Waals surface area contributed by atoms with Gasteiger partial charge >= 0.3 is 0 Å². The van der Waals surface area contributed by atoms with Crippen LogP contribution in [-0.2, 0) is 4.74 Å². The molecule has 84 valence electrons. The predicted octanol–water partition coefficient (Wildman–Crippen LogP) is 2.42. The summed E-state index contributed by atoms with van der Waals surface area (Å²) < 4.78 is 5.83. The first kappa shape index (κ1) is 12.3. The van der Waals surface area contributed by atoms with Crippen LogP contribution in [0.2, 0.25) is 0 Å². The monoisotopic (exact) mass is 217 g/mol. The zero-order valence-electron chi connectivity index (χ0n) is 9.21. The van der Waals surface area contributed by atoms with Gasteiger partial charge in [-0.05, 0) is 18.6 Å². The molecule has 0 aromatic heterocycles. The fraction of sp³-hybridized carbons (Fsp3) is 1.00. The summed E-state index contributed by atoms with van der Waals surface area (Å²) in [5.41, 5.74) is 6.06. The Hall–Kier alpha value is 0.270. The minimum Gasteiger partial charge on any atom is -0.376 e. The van der Waals surface area contributed by atoms with E-state index in [1.165, 1.54) is 25.0 Å². The molecule has 0 bridgehead atoms. The minimum absolute atomic E-state index is 0.282. The molecule has 0 heterocycles. The van der Waals surface area contributed by atoms with Gasteiger partial charge in [-0.1, -0.05) is 26.2 Å². The summed E-state index contributed by atoms with van der Waals surface area (Å²) in [6.45, 7) is 3.05.